The summed E-state index contributed by atoms with van der Waals surface area (Å²) in [5.41, 5.74) is 0.511. The number of hydrogen-bond acceptors (Lipinski definition) is 8. The van der Waals surface area contributed by atoms with Gasteiger partial charge in [0.25, 0.3) is 5.56 Å². The summed E-state index contributed by atoms with van der Waals surface area (Å²) in [6.45, 7) is 4.79. The SMILES string of the molecule is Cc1nnc([C@H]2CN(c3cc4nc(C)n(C)c(=O)c4c(-c4ccc(Cl)cc4F)n3)CCO2)o1. The lowest BCUT2D eigenvalue weighted by molar-refractivity contribution is 0.0214. The van der Waals surface area contributed by atoms with E-state index in [1.165, 1.54) is 16.7 Å². The quantitative estimate of drug-likeness (QED) is 0.449. The van der Waals surface area contributed by atoms with Crippen LogP contribution in [0.25, 0.3) is 22.2 Å². The highest BCUT2D eigenvalue weighted by molar-refractivity contribution is 6.30. The molecule has 0 radical (unpaired) electrons. The van der Waals surface area contributed by atoms with Gasteiger partial charge in [-0.05, 0) is 25.1 Å². The van der Waals surface area contributed by atoms with Crippen LogP contribution >= 0.6 is 11.6 Å². The molecule has 0 unspecified atom stereocenters. The number of anilines is 1. The van der Waals surface area contributed by atoms with Crippen LogP contribution < -0.4 is 10.5 Å². The van der Waals surface area contributed by atoms with Crippen molar-refractivity contribution < 1.29 is 13.5 Å². The number of benzene rings is 1. The van der Waals surface area contributed by atoms with Crippen molar-refractivity contribution in [3.05, 3.63) is 63.1 Å². The number of hydrogen-bond donors (Lipinski definition) is 0. The van der Waals surface area contributed by atoms with Crippen LogP contribution in [-0.2, 0) is 11.8 Å². The summed E-state index contributed by atoms with van der Waals surface area (Å²) in [4.78, 5) is 24.4. The van der Waals surface area contributed by atoms with Gasteiger partial charge in [-0.2, -0.15) is 0 Å². The average molecular weight is 471 g/mol. The molecule has 0 bridgehead atoms. The first kappa shape index (κ1) is 21.5. The fourth-order valence-corrected chi connectivity index (χ4v) is 4.03. The van der Waals surface area contributed by atoms with E-state index in [2.05, 4.69) is 15.2 Å². The van der Waals surface area contributed by atoms with Gasteiger partial charge in [-0.15, -0.1) is 10.2 Å². The second-order valence-electron chi connectivity index (χ2n) is 7.84. The van der Waals surface area contributed by atoms with Crippen molar-refractivity contribution >= 4 is 28.3 Å². The maximum atomic E-state index is 14.9. The van der Waals surface area contributed by atoms with E-state index < -0.39 is 11.9 Å². The molecule has 11 heteroatoms. The van der Waals surface area contributed by atoms with Crippen LogP contribution in [0.5, 0.6) is 0 Å². The van der Waals surface area contributed by atoms with Crippen molar-refractivity contribution in [3.63, 3.8) is 0 Å². The van der Waals surface area contributed by atoms with Crippen LogP contribution in [0.2, 0.25) is 5.02 Å². The second-order valence-corrected chi connectivity index (χ2v) is 8.27. The monoisotopic (exact) mass is 470 g/mol. The minimum Gasteiger partial charge on any atom is -0.423 e. The fraction of sp³-hybridized carbons (Fsp3) is 0.318. The molecule has 5 rings (SSSR count). The molecule has 4 heterocycles. The molecule has 0 aliphatic carbocycles. The Kier molecular flexibility index (Phi) is 5.34. The predicted octanol–water partition coefficient (Wildman–Crippen LogP) is 3.37. The van der Waals surface area contributed by atoms with Gasteiger partial charge in [-0.1, -0.05) is 11.6 Å². The van der Waals surface area contributed by atoms with Crippen molar-refractivity contribution in [2.24, 2.45) is 7.05 Å². The van der Waals surface area contributed by atoms with E-state index in [4.69, 9.17) is 25.7 Å². The molecule has 3 aromatic heterocycles. The number of aryl methyl sites for hydroxylation is 2. The lowest BCUT2D eigenvalue weighted by Crippen LogP contribution is -2.39. The van der Waals surface area contributed by atoms with Crippen LogP contribution in [0.1, 0.15) is 23.7 Å². The van der Waals surface area contributed by atoms with Crippen molar-refractivity contribution in [3.8, 4) is 11.3 Å². The molecule has 0 N–H and O–H groups in total. The summed E-state index contributed by atoms with van der Waals surface area (Å²) in [6, 6.07) is 6.02. The van der Waals surface area contributed by atoms with E-state index in [0.717, 1.165) is 0 Å². The normalized spacial score (nSPS) is 16.5. The topological polar surface area (TPSA) is 99.2 Å². The first-order chi connectivity index (χ1) is 15.8. The molecule has 1 aliphatic heterocycles. The van der Waals surface area contributed by atoms with Crippen LogP contribution in [-0.4, -0.2) is 44.4 Å². The summed E-state index contributed by atoms with van der Waals surface area (Å²) in [6.07, 6.45) is -0.438. The Bertz CT molecular complexity index is 1440. The number of aromatic nitrogens is 5. The smallest absolute Gasteiger partial charge is 0.263 e. The number of pyridine rings is 1. The summed E-state index contributed by atoms with van der Waals surface area (Å²) in [5, 5.41) is 8.42. The van der Waals surface area contributed by atoms with E-state index in [0.29, 0.717) is 48.6 Å². The minimum atomic E-state index is -0.572. The zero-order valence-corrected chi connectivity index (χ0v) is 18.9. The highest BCUT2D eigenvalue weighted by atomic mass is 35.5. The van der Waals surface area contributed by atoms with Gasteiger partial charge in [0.2, 0.25) is 11.8 Å². The lowest BCUT2D eigenvalue weighted by atomic mass is 10.1. The maximum Gasteiger partial charge on any atom is 0.263 e. The van der Waals surface area contributed by atoms with Gasteiger partial charge in [-0.25, -0.2) is 14.4 Å². The molecule has 1 aromatic carbocycles. The van der Waals surface area contributed by atoms with E-state index in [-0.39, 0.29) is 27.2 Å². The Labute approximate surface area is 192 Å². The van der Waals surface area contributed by atoms with E-state index >= 15 is 0 Å². The van der Waals surface area contributed by atoms with Crippen LogP contribution in [0.15, 0.2) is 33.5 Å². The maximum absolute atomic E-state index is 14.9. The van der Waals surface area contributed by atoms with Gasteiger partial charge in [0.15, 0.2) is 6.10 Å². The second kappa shape index (κ2) is 8.20. The van der Waals surface area contributed by atoms with Crippen molar-refractivity contribution in [2.45, 2.75) is 20.0 Å². The molecule has 1 aliphatic rings. The Morgan fingerprint density at radius 3 is 2.73 bits per heavy atom. The van der Waals surface area contributed by atoms with Crippen LogP contribution in [0.3, 0.4) is 0 Å². The number of rotatable bonds is 3. The molecular formula is C22H20ClFN6O3. The minimum absolute atomic E-state index is 0.173. The molecule has 0 spiro atoms. The van der Waals surface area contributed by atoms with Gasteiger partial charge < -0.3 is 14.1 Å². The largest absolute Gasteiger partial charge is 0.423 e. The number of halogens is 2. The van der Waals surface area contributed by atoms with Gasteiger partial charge in [0.05, 0.1) is 29.7 Å². The van der Waals surface area contributed by atoms with Crippen molar-refractivity contribution in [1.82, 2.24) is 24.7 Å². The van der Waals surface area contributed by atoms with Gasteiger partial charge in [0.1, 0.15) is 17.5 Å². The van der Waals surface area contributed by atoms with Crippen LogP contribution in [0.4, 0.5) is 10.2 Å². The summed E-state index contributed by atoms with van der Waals surface area (Å²) >= 11 is 5.95. The zero-order valence-electron chi connectivity index (χ0n) is 18.2. The lowest BCUT2D eigenvalue weighted by Gasteiger charge is -2.32. The third-order valence-electron chi connectivity index (χ3n) is 5.67. The number of fused-ring (bicyclic) bond motifs is 1. The van der Waals surface area contributed by atoms with Gasteiger partial charge >= 0.3 is 0 Å². The molecule has 0 saturated carbocycles. The summed E-state index contributed by atoms with van der Waals surface area (Å²) < 4.78 is 27.7. The molecule has 4 aromatic rings. The fourth-order valence-electron chi connectivity index (χ4n) is 3.87. The van der Waals surface area contributed by atoms with Crippen LogP contribution in [0, 0.1) is 19.7 Å². The first-order valence-corrected chi connectivity index (χ1v) is 10.7. The Balaban J connectivity index is 1.67. The van der Waals surface area contributed by atoms with Crippen molar-refractivity contribution in [2.75, 3.05) is 24.6 Å². The number of ether oxygens (including phenoxy) is 1. The Hall–Kier alpha value is -3.37. The molecule has 0 amide bonds. The third-order valence-corrected chi connectivity index (χ3v) is 5.90. The van der Waals surface area contributed by atoms with E-state index in [1.54, 1.807) is 33.0 Å². The summed E-state index contributed by atoms with van der Waals surface area (Å²) in [7, 11) is 1.62. The first-order valence-electron chi connectivity index (χ1n) is 10.3. The standard InChI is InChI=1S/C22H20ClFN6O3/c1-11-25-16-9-18(30-6-7-32-17(10-30)21-28-27-12(2)33-21)26-20(19(16)22(31)29(11)3)14-5-4-13(23)8-15(14)24/h4-5,8-9,17H,6-7,10H2,1-3H3/t17-/m1/s1. The third kappa shape index (κ3) is 3.85. The van der Waals surface area contributed by atoms with Gasteiger partial charge in [-0.3, -0.25) is 9.36 Å². The molecular weight excluding hydrogens is 451 g/mol. The number of nitrogens with zero attached hydrogens (tertiary/aromatic N) is 6. The average Bonchev–Trinajstić information content (AvgIpc) is 3.23. The highest BCUT2D eigenvalue weighted by Gasteiger charge is 2.28. The van der Waals surface area contributed by atoms with Crippen molar-refractivity contribution in [1.29, 1.82) is 0 Å². The zero-order chi connectivity index (χ0) is 23.3. The molecule has 1 fully saturated rings. The Morgan fingerprint density at radius 2 is 2.00 bits per heavy atom. The molecule has 33 heavy (non-hydrogen) atoms. The molecule has 170 valence electrons. The molecule has 9 nitrogen and oxygen atoms in total. The summed E-state index contributed by atoms with van der Waals surface area (Å²) in [5.74, 6) is 1.33. The number of morpholine rings is 1. The molecule has 1 saturated heterocycles. The van der Waals surface area contributed by atoms with Gasteiger partial charge in [0, 0.05) is 37.2 Å². The predicted molar refractivity (Wildman–Crippen MR) is 120 cm³/mol. The molecule has 1 atom stereocenters. The van der Waals surface area contributed by atoms with E-state index in [9.17, 15) is 9.18 Å². The Morgan fingerprint density at radius 1 is 1.18 bits per heavy atom. The highest BCUT2D eigenvalue weighted by Crippen LogP contribution is 2.32. The van der Waals surface area contributed by atoms with E-state index in [1.807, 2.05) is 4.90 Å².